The quantitative estimate of drug-likeness (QED) is 0.775. The van der Waals surface area contributed by atoms with Gasteiger partial charge in [0.05, 0.1) is 6.61 Å². The fraction of sp³-hybridized carbons (Fsp3) is 0.667. The van der Waals surface area contributed by atoms with E-state index in [1.807, 2.05) is 13.0 Å². The van der Waals surface area contributed by atoms with Crippen molar-refractivity contribution >= 4 is 5.82 Å². The molecule has 0 aliphatic rings. The Balaban J connectivity index is 2.76. The molecule has 0 aliphatic heterocycles. The third kappa shape index (κ3) is 4.19. The van der Waals surface area contributed by atoms with E-state index in [1.54, 1.807) is 0 Å². The lowest BCUT2D eigenvalue weighted by Crippen LogP contribution is -2.32. The van der Waals surface area contributed by atoms with Crippen molar-refractivity contribution in [3.05, 3.63) is 12.4 Å². The van der Waals surface area contributed by atoms with E-state index in [4.69, 9.17) is 10.5 Å². The third-order valence-corrected chi connectivity index (χ3v) is 2.56. The first kappa shape index (κ1) is 13.7. The van der Waals surface area contributed by atoms with Gasteiger partial charge in [-0.15, -0.1) is 0 Å². The molecule has 2 N–H and O–H groups in total. The van der Waals surface area contributed by atoms with Gasteiger partial charge in [-0.3, -0.25) is 0 Å². The number of nitrogens with two attached hydrogens (primary N) is 1. The summed E-state index contributed by atoms with van der Waals surface area (Å²) in [6.45, 7) is 9.26. The number of aromatic nitrogens is 2. The number of rotatable bonds is 7. The summed E-state index contributed by atoms with van der Waals surface area (Å²) in [5.41, 5.74) is 5.65. The summed E-state index contributed by atoms with van der Waals surface area (Å²) in [4.78, 5) is 10.5. The van der Waals surface area contributed by atoms with E-state index in [0.717, 1.165) is 18.9 Å². The number of nitrogens with zero attached hydrogens (tertiary/aromatic N) is 3. The minimum Gasteiger partial charge on any atom is -0.478 e. The monoisotopic (exact) mass is 238 g/mol. The van der Waals surface area contributed by atoms with Crippen molar-refractivity contribution in [3.8, 4) is 5.88 Å². The van der Waals surface area contributed by atoms with Gasteiger partial charge in [-0.1, -0.05) is 6.92 Å². The van der Waals surface area contributed by atoms with Crippen LogP contribution in [0.15, 0.2) is 12.4 Å². The number of anilines is 1. The van der Waals surface area contributed by atoms with Crippen LogP contribution in [0.1, 0.15) is 20.8 Å². The minimum atomic E-state index is 0.445. The van der Waals surface area contributed by atoms with Crippen molar-refractivity contribution < 1.29 is 4.74 Å². The zero-order valence-electron chi connectivity index (χ0n) is 10.9. The van der Waals surface area contributed by atoms with Gasteiger partial charge >= 0.3 is 0 Å². The van der Waals surface area contributed by atoms with Crippen LogP contribution in [0.2, 0.25) is 0 Å². The Labute approximate surface area is 103 Å². The van der Waals surface area contributed by atoms with Gasteiger partial charge in [-0.05, 0) is 26.3 Å². The van der Waals surface area contributed by atoms with Crippen molar-refractivity contribution in [3.63, 3.8) is 0 Å². The van der Waals surface area contributed by atoms with E-state index in [2.05, 4.69) is 28.7 Å². The molecule has 1 unspecified atom stereocenters. The molecule has 0 aromatic carbocycles. The number of hydrogen-bond donors (Lipinski definition) is 1. The van der Waals surface area contributed by atoms with Crippen molar-refractivity contribution in [2.24, 2.45) is 11.7 Å². The van der Waals surface area contributed by atoms with Crippen molar-refractivity contribution in [2.45, 2.75) is 20.8 Å². The van der Waals surface area contributed by atoms with Crippen molar-refractivity contribution in [1.29, 1.82) is 0 Å². The zero-order valence-corrected chi connectivity index (χ0v) is 10.9. The number of ether oxygens (including phenoxy) is 1. The van der Waals surface area contributed by atoms with Crippen LogP contribution in [0.3, 0.4) is 0 Å². The van der Waals surface area contributed by atoms with E-state index in [-0.39, 0.29) is 0 Å². The van der Waals surface area contributed by atoms with Gasteiger partial charge in [0.2, 0.25) is 5.88 Å². The maximum Gasteiger partial charge on any atom is 0.218 e. The average molecular weight is 238 g/mol. The van der Waals surface area contributed by atoms with Crippen LogP contribution in [0.4, 0.5) is 5.82 Å². The zero-order chi connectivity index (χ0) is 12.7. The molecule has 1 aromatic heterocycles. The Morgan fingerprint density at radius 1 is 1.41 bits per heavy atom. The Morgan fingerprint density at radius 3 is 2.76 bits per heavy atom. The second-order valence-corrected chi connectivity index (χ2v) is 4.03. The van der Waals surface area contributed by atoms with E-state index in [9.17, 15) is 0 Å². The van der Waals surface area contributed by atoms with Crippen LogP contribution in [0.5, 0.6) is 5.88 Å². The van der Waals surface area contributed by atoms with Crippen molar-refractivity contribution in [2.75, 3.05) is 31.1 Å². The molecule has 5 heteroatoms. The molecule has 5 nitrogen and oxygen atoms in total. The van der Waals surface area contributed by atoms with Crippen LogP contribution < -0.4 is 15.4 Å². The van der Waals surface area contributed by atoms with Gasteiger partial charge in [0, 0.05) is 19.2 Å². The van der Waals surface area contributed by atoms with E-state index in [1.165, 1.54) is 6.33 Å². The van der Waals surface area contributed by atoms with Gasteiger partial charge in [-0.2, -0.15) is 0 Å². The largest absolute Gasteiger partial charge is 0.478 e. The minimum absolute atomic E-state index is 0.445. The first-order valence-corrected chi connectivity index (χ1v) is 6.11. The lowest BCUT2D eigenvalue weighted by atomic mass is 10.1. The summed E-state index contributed by atoms with van der Waals surface area (Å²) in [7, 11) is 0. The molecular weight excluding hydrogens is 216 g/mol. The SMILES string of the molecule is CCOc1cc(N(CC)CC(C)CN)ncn1. The van der Waals surface area contributed by atoms with Gasteiger partial charge in [0.1, 0.15) is 12.1 Å². The molecule has 0 amide bonds. The lowest BCUT2D eigenvalue weighted by Gasteiger charge is -2.24. The molecule has 1 heterocycles. The molecule has 1 aromatic rings. The first-order chi connectivity index (χ1) is 8.21. The van der Waals surface area contributed by atoms with E-state index in [0.29, 0.717) is 24.9 Å². The lowest BCUT2D eigenvalue weighted by molar-refractivity contribution is 0.326. The molecule has 0 spiro atoms. The molecule has 1 rings (SSSR count). The summed E-state index contributed by atoms with van der Waals surface area (Å²) in [6, 6.07) is 1.87. The van der Waals surface area contributed by atoms with Crippen LogP contribution in [0, 0.1) is 5.92 Å². The first-order valence-electron chi connectivity index (χ1n) is 6.11. The topological polar surface area (TPSA) is 64.3 Å². The van der Waals surface area contributed by atoms with Crippen LogP contribution in [-0.4, -0.2) is 36.2 Å². The Hall–Kier alpha value is -1.36. The molecule has 0 fully saturated rings. The highest BCUT2D eigenvalue weighted by Crippen LogP contribution is 2.16. The molecular formula is C12H22N4O. The van der Waals surface area contributed by atoms with Crippen LogP contribution in [0.25, 0.3) is 0 Å². The predicted octanol–water partition coefficient (Wildman–Crippen LogP) is 1.30. The van der Waals surface area contributed by atoms with Gasteiger partial charge in [-0.25, -0.2) is 9.97 Å². The van der Waals surface area contributed by atoms with Crippen molar-refractivity contribution in [1.82, 2.24) is 9.97 Å². The van der Waals surface area contributed by atoms with E-state index < -0.39 is 0 Å². The highest BCUT2D eigenvalue weighted by Gasteiger charge is 2.10. The van der Waals surface area contributed by atoms with Gasteiger partial charge in [0.25, 0.3) is 0 Å². The van der Waals surface area contributed by atoms with Crippen LogP contribution in [-0.2, 0) is 0 Å². The molecule has 1 atom stereocenters. The molecule has 17 heavy (non-hydrogen) atoms. The summed E-state index contributed by atoms with van der Waals surface area (Å²) in [6.07, 6.45) is 1.54. The Morgan fingerprint density at radius 2 is 2.18 bits per heavy atom. The summed E-state index contributed by atoms with van der Waals surface area (Å²) < 4.78 is 5.37. The van der Waals surface area contributed by atoms with Crippen LogP contribution >= 0.6 is 0 Å². The average Bonchev–Trinajstić information content (AvgIpc) is 2.36. The fourth-order valence-electron chi connectivity index (χ4n) is 1.57. The highest BCUT2D eigenvalue weighted by molar-refractivity contribution is 5.40. The summed E-state index contributed by atoms with van der Waals surface area (Å²) in [5.74, 6) is 1.96. The Bertz CT molecular complexity index is 332. The maximum absolute atomic E-state index is 5.65. The van der Waals surface area contributed by atoms with Gasteiger partial charge < -0.3 is 15.4 Å². The number of hydrogen-bond acceptors (Lipinski definition) is 5. The predicted molar refractivity (Wildman–Crippen MR) is 69.3 cm³/mol. The molecule has 0 saturated carbocycles. The molecule has 0 saturated heterocycles. The second-order valence-electron chi connectivity index (χ2n) is 4.03. The third-order valence-electron chi connectivity index (χ3n) is 2.56. The van der Waals surface area contributed by atoms with Gasteiger partial charge in [0.15, 0.2) is 0 Å². The molecule has 96 valence electrons. The smallest absolute Gasteiger partial charge is 0.218 e. The molecule has 0 bridgehead atoms. The fourth-order valence-corrected chi connectivity index (χ4v) is 1.57. The maximum atomic E-state index is 5.65. The Kier molecular flexibility index (Phi) is 5.69. The standard InChI is InChI=1S/C12H22N4O/c1-4-16(8-10(3)7-13)11-6-12(17-5-2)15-9-14-11/h6,9-10H,4-5,7-8,13H2,1-3H3. The normalized spacial score (nSPS) is 12.2. The summed E-state index contributed by atoms with van der Waals surface area (Å²) in [5, 5.41) is 0. The highest BCUT2D eigenvalue weighted by atomic mass is 16.5. The molecule has 0 aliphatic carbocycles. The second kappa shape index (κ2) is 7.06. The molecule has 0 radical (unpaired) electrons. The summed E-state index contributed by atoms with van der Waals surface area (Å²) >= 11 is 0. The van der Waals surface area contributed by atoms with E-state index >= 15 is 0 Å².